The summed E-state index contributed by atoms with van der Waals surface area (Å²) in [5, 5.41) is 8.32. The van der Waals surface area contributed by atoms with Gasteiger partial charge >= 0.3 is 0 Å². The summed E-state index contributed by atoms with van der Waals surface area (Å²) in [5.41, 5.74) is 2.28. The molecule has 0 atom stereocenters. The van der Waals surface area contributed by atoms with Crippen molar-refractivity contribution in [2.45, 2.75) is 19.8 Å². The molecular weight excluding hydrogens is 459 g/mol. The third kappa shape index (κ3) is 5.21. The van der Waals surface area contributed by atoms with E-state index >= 15 is 0 Å². The van der Waals surface area contributed by atoms with Crippen LogP contribution in [0.3, 0.4) is 0 Å². The number of aromatic nitrogens is 2. The van der Waals surface area contributed by atoms with E-state index in [1.54, 1.807) is 42.1 Å². The van der Waals surface area contributed by atoms with Crippen molar-refractivity contribution in [1.29, 1.82) is 0 Å². The maximum absolute atomic E-state index is 13.1. The van der Waals surface area contributed by atoms with Gasteiger partial charge in [0.05, 0.1) is 45.4 Å². The molecule has 0 bridgehead atoms. The van der Waals surface area contributed by atoms with Gasteiger partial charge in [-0.25, -0.2) is 4.68 Å². The Morgan fingerprint density at radius 3 is 2.26 bits per heavy atom. The van der Waals surface area contributed by atoms with Crippen LogP contribution in [0.1, 0.15) is 35.8 Å². The third-order valence-corrected chi connectivity index (χ3v) is 5.49. The van der Waals surface area contributed by atoms with Crippen LogP contribution in [0.4, 0.5) is 5.69 Å². The van der Waals surface area contributed by atoms with Crippen LogP contribution in [-0.2, 0) is 4.79 Å². The highest BCUT2D eigenvalue weighted by molar-refractivity contribution is 6.39. The smallest absolute Gasteiger partial charge is 0.257 e. The van der Waals surface area contributed by atoms with Crippen molar-refractivity contribution >= 4 is 52.3 Å². The van der Waals surface area contributed by atoms with Gasteiger partial charge in [-0.1, -0.05) is 54.7 Å². The molecule has 0 radical (unpaired) electrons. The quantitative estimate of drug-likeness (QED) is 0.495. The van der Waals surface area contributed by atoms with E-state index in [4.69, 9.17) is 34.8 Å². The maximum atomic E-state index is 13.1. The molecule has 0 saturated heterocycles. The molecule has 3 rings (SSSR count). The van der Waals surface area contributed by atoms with Gasteiger partial charge in [0.2, 0.25) is 5.91 Å². The van der Waals surface area contributed by atoms with Gasteiger partial charge in [-0.3, -0.25) is 9.59 Å². The predicted octanol–water partition coefficient (Wildman–Crippen LogP) is 5.67. The predicted molar refractivity (Wildman–Crippen MR) is 125 cm³/mol. The highest BCUT2D eigenvalue weighted by atomic mass is 35.5. The first kappa shape index (κ1) is 23.1. The van der Waals surface area contributed by atoms with Gasteiger partial charge in [-0.2, -0.15) is 5.10 Å². The summed E-state index contributed by atoms with van der Waals surface area (Å²) in [4.78, 5) is 26.9. The molecular formula is C22H21Cl3N4O2. The lowest BCUT2D eigenvalue weighted by molar-refractivity contribution is -0.116. The van der Waals surface area contributed by atoms with Crippen molar-refractivity contribution in [3.8, 4) is 5.69 Å². The van der Waals surface area contributed by atoms with E-state index in [9.17, 15) is 9.59 Å². The first-order valence-electron chi connectivity index (χ1n) is 9.52. The first-order valence-corrected chi connectivity index (χ1v) is 10.7. The van der Waals surface area contributed by atoms with Gasteiger partial charge in [-0.15, -0.1) is 0 Å². The van der Waals surface area contributed by atoms with Crippen LogP contribution in [0.25, 0.3) is 5.69 Å². The van der Waals surface area contributed by atoms with E-state index in [1.807, 2.05) is 26.0 Å². The minimum absolute atomic E-state index is 0.0151. The molecule has 0 aliphatic heterocycles. The number of carbonyl (C=O) groups excluding carboxylic acids is 2. The molecule has 1 aromatic heterocycles. The second-order valence-corrected chi connectivity index (χ2v) is 8.54. The summed E-state index contributed by atoms with van der Waals surface area (Å²) in [6.45, 7) is 3.78. The van der Waals surface area contributed by atoms with E-state index in [0.717, 1.165) is 11.4 Å². The van der Waals surface area contributed by atoms with Gasteiger partial charge in [-0.05, 0) is 42.3 Å². The van der Waals surface area contributed by atoms with E-state index in [-0.39, 0.29) is 18.4 Å². The van der Waals surface area contributed by atoms with Crippen molar-refractivity contribution < 1.29 is 9.59 Å². The Hall–Kier alpha value is -2.54. The number of hydrogen-bond donors (Lipinski definition) is 1. The molecule has 31 heavy (non-hydrogen) atoms. The fourth-order valence-corrected chi connectivity index (χ4v) is 3.77. The molecule has 0 saturated carbocycles. The Morgan fingerprint density at radius 2 is 1.68 bits per heavy atom. The molecule has 6 nitrogen and oxygen atoms in total. The number of anilines is 1. The average Bonchev–Trinajstić information content (AvgIpc) is 3.16. The van der Waals surface area contributed by atoms with Crippen LogP contribution in [-0.4, -0.2) is 40.1 Å². The van der Waals surface area contributed by atoms with Crippen LogP contribution in [0.2, 0.25) is 15.1 Å². The van der Waals surface area contributed by atoms with Crippen LogP contribution >= 0.6 is 34.8 Å². The molecule has 0 aliphatic carbocycles. The van der Waals surface area contributed by atoms with Gasteiger partial charge in [0.1, 0.15) is 0 Å². The van der Waals surface area contributed by atoms with Crippen LogP contribution < -0.4 is 5.32 Å². The highest BCUT2D eigenvalue weighted by Crippen LogP contribution is 2.30. The zero-order valence-electron chi connectivity index (χ0n) is 17.2. The van der Waals surface area contributed by atoms with Gasteiger partial charge < -0.3 is 10.2 Å². The summed E-state index contributed by atoms with van der Waals surface area (Å²) in [6, 6.07) is 12.1. The molecule has 2 aromatic carbocycles. The molecule has 1 N–H and O–H groups in total. The van der Waals surface area contributed by atoms with E-state index < -0.39 is 5.91 Å². The monoisotopic (exact) mass is 478 g/mol. The van der Waals surface area contributed by atoms with Gasteiger partial charge in [0, 0.05) is 12.1 Å². The minimum Gasteiger partial charge on any atom is -0.332 e. The van der Waals surface area contributed by atoms with Gasteiger partial charge in [0.25, 0.3) is 5.91 Å². The summed E-state index contributed by atoms with van der Waals surface area (Å²) in [6.07, 6.45) is 1.52. The Bertz CT molecular complexity index is 1090. The standard InChI is InChI=1S/C22H21Cl3N4O2/c1-13(2)21-16(11-26-29(21)15-9-7-14(23)8-10-15)22(31)28(3)12-19(30)27-20-17(24)5-4-6-18(20)25/h4-11,13H,12H2,1-3H3,(H,27,30). The number of benzene rings is 2. The SMILES string of the molecule is CC(C)c1c(C(=O)N(C)CC(=O)Nc2c(Cl)cccc2Cl)cnn1-c1ccc(Cl)cc1. The van der Waals surface area contributed by atoms with E-state index in [0.29, 0.717) is 26.3 Å². The Kier molecular flexibility index (Phi) is 7.26. The molecule has 9 heteroatoms. The summed E-state index contributed by atoms with van der Waals surface area (Å²) in [5.74, 6) is -0.715. The lowest BCUT2D eigenvalue weighted by atomic mass is 10.0. The molecule has 2 amide bonds. The molecule has 0 spiro atoms. The normalized spacial score (nSPS) is 10.9. The Balaban J connectivity index is 1.80. The minimum atomic E-state index is -0.415. The number of rotatable bonds is 6. The van der Waals surface area contributed by atoms with Crippen LogP contribution in [0.15, 0.2) is 48.7 Å². The fraction of sp³-hybridized carbons (Fsp3) is 0.227. The maximum Gasteiger partial charge on any atom is 0.257 e. The van der Waals surface area contributed by atoms with Crippen molar-refractivity contribution in [2.24, 2.45) is 0 Å². The molecule has 0 unspecified atom stereocenters. The number of halogens is 3. The van der Waals surface area contributed by atoms with Crippen molar-refractivity contribution in [1.82, 2.24) is 14.7 Å². The molecule has 0 fully saturated rings. The number of nitrogens with one attached hydrogen (secondary N) is 1. The molecule has 162 valence electrons. The second kappa shape index (κ2) is 9.73. The van der Waals surface area contributed by atoms with Crippen LogP contribution in [0.5, 0.6) is 0 Å². The third-order valence-electron chi connectivity index (χ3n) is 4.61. The topological polar surface area (TPSA) is 67.2 Å². The summed E-state index contributed by atoms with van der Waals surface area (Å²) < 4.78 is 1.71. The number of likely N-dealkylation sites (N-methyl/N-ethyl adjacent to an activating group) is 1. The molecule has 3 aromatic rings. The van der Waals surface area contributed by atoms with Crippen molar-refractivity contribution in [2.75, 3.05) is 18.9 Å². The highest BCUT2D eigenvalue weighted by Gasteiger charge is 2.24. The molecule has 0 aliphatic rings. The van der Waals surface area contributed by atoms with Crippen molar-refractivity contribution in [3.05, 3.63) is 75.0 Å². The van der Waals surface area contributed by atoms with Crippen LogP contribution in [0, 0.1) is 0 Å². The largest absolute Gasteiger partial charge is 0.332 e. The van der Waals surface area contributed by atoms with Crippen molar-refractivity contribution in [3.63, 3.8) is 0 Å². The number of nitrogens with zero attached hydrogens (tertiary/aromatic N) is 3. The Morgan fingerprint density at radius 1 is 1.06 bits per heavy atom. The number of para-hydroxylation sites is 1. The fourth-order valence-electron chi connectivity index (χ4n) is 3.16. The zero-order valence-corrected chi connectivity index (χ0v) is 19.5. The number of carbonyl (C=O) groups is 2. The second-order valence-electron chi connectivity index (χ2n) is 7.29. The lowest BCUT2D eigenvalue weighted by Crippen LogP contribution is -2.35. The van der Waals surface area contributed by atoms with E-state index in [2.05, 4.69) is 10.4 Å². The molecule has 1 heterocycles. The first-order chi connectivity index (χ1) is 14.7. The lowest BCUT2D eigenvalue weighted by Gasteiger charge is -2.19. The Labute approximate surface area is 195 Å². The summed E-state index contributed by atoms with van der Waals surface area (Å²) >= 11 is 18.2. The number of hydrogen-bond acceptors (Lipinski definition) is 3. The zero-order chi connectivity index (χ0) is 22.7. The summed E-state index contributed by atoms with van der Waals surface area (Å²) in [7, 11) is 1.56. The average molecular weight is 480 g/mol. The van der Waals surface area contributed by atoms with E-state index in [1.165, 1.54) is 11.1 Å². The van der Waals surface area contributed by atoms with Gasteiger partial charge in [0.15, 0.2) is 0 Å². The number of amides is 2.